The summed E-state index contributed by atoms with van der Waals surface area (Å²) in [6.07, 6.45) is 1.28. The maximum absolute atomic E-state index is 13.0. The summed E-state index contributed by atoms with van der Waals surface area (Å²) in [5.74, 6) is 0.158. The number of amides is 1. The third-order valence-electron chi connectivity index (χ3n) is 5.42. The second-order valence-corrected chi connectivity index (χ2v) is 10.0. The fourth-order valence-corrected chi connectivity index (χ4v) is 5.38. The molecule has 2 unspecified atom stereocenters. The zero-order chi connectivity index (χ0) is 21.9. The van der Waals surface area contributed by atoms with Gasteiger partial charge in [-0.15, -0.1) is 0 Å². The van der Waals surface area contributed by atoms with Gasteiger partial charge in [0.05, 0.1) is 24.0 Å². The molecule has 0 aromatic heterocycles. The number of carbonyl (C=O) groups is 1. The molecular formula is C22H27ClN2O4S. The second-order valence-electron chi connectivity index (χ2n) is 7.63. The number of nitrogens with zero attached hydrogens (tertiary/aromatic N) is 1. The summed E-state index contributed by atoms with van der Waals surface area (Å²) in [4.78, 5) is 13.1. The Kier molecular flexibility index (Phi) is 7.06. The predicted molar refractivity (Wildman–Crippen MR) is 117 cm³/mol. The van der Waals surface area contributed by atoms with Crippen molar-refractivity contribution in [1.29, 1.82) is 0 Å². The van der Waals surface area contributed by atoms with Crippen LogP contribution in [-0.4, -0.2) is 38.8 Å². The Labute approximate surface area is 183 Å². The van der Waals surface area contributed by atoms with Crippen LogP contribution >= 0.6 is 11.6 Å². The van der Waals surface area contributed by atoms with Gasteiger partial charge in [-0.2, -0.15) is 4.31 Å². The molecule has 162 valence electrons. The normalized spacial score (nSPS) is 18.6. The molecule has 1 aliphatic rings. The summed E-state index contributed by atoms with van der Waals surface area (Å²) in [7, 11) is -2.07. The average molecular weight is 451 g/mol. The summed E-state index contributed by atoms with van der Waals surface area (Å²) in [6, 6.07) is 11.7. The molecule has 0 aliphatic carbocycles. The number of hydrogen-bond acceptors (Lipinski definition) is 4. The Bertz CT molecular complexity index is 1010. The minimum absolute atomic E-state index is 0.151. The van der Waals surface area contributed by atoms with Crippen LogP contribution in [0.4, 0.5) is 0 Å². The van der Waals surface area contributed by atoms with E-state index in [1.807, 2.05) is 32.0 Å². The van der Waals surface area contributed by atoms with Crippen molar-refractivity contribution in [3.8, 4) is 5.75 Å². The number of nitrogens with one attached hydrogen (secondary N) is 1. The molecule has 1 N–H and O–H groups in total. The van der Waals surface area contributed by atoms with Crippen LogP contribution in [0.2, 0.25) is 5.02 Å². The molecule has 1 aliphatic heterocycles. The molecule has 30 heavy (non-hydrogen) atoms. The fraction of sp³-hybridized carbons (Fsp3) is 0.409. The first-order valence-corrected chi connectivity index (χ1v) is 11.7. The quantitative estimate of drug-likeness (QED) is 0.723. The zero-order valence-corrected chi connectivity index (χ0v) is 19.0. The molecular weight excluding hydrogens is 424 g/mol. The fourth-order valence-electron chi connectivity index (χ4n) is 3.73. The number of halogens is 1. The van der Waals surface area contributed by atoms with Gasteiger partial charge in [-0.25, -0.2) is 8.42 Å². The van der Waals surface area contributed by atoms with Crippen LogP contribution in [0.15, 0.2) is 47.4 Å². The first-order valence-electron chi connectivity index (χ1n) is 9.93. The van der Waals surface area contributed by atoms with Crippen molar-refractivity contribution in [2.24, 2.45) is 5.92 Å². The molecule has 0 saturated carbocycles. The van der Waals surface area contributed by atoms with Crippen LogP contribution in [0.1, 0.15) is 36.9 Å². The first kappa shape index (κ1) is 22.6. The SMILES string of the molecule is COc1ccc(C)cc1C(C)NC(=O)C1CCCN(S(=O)(=O)c2ccc(Cl)cc2)C1. The van der Waals surface area contributed by atoms with Gasteiger partial charge in [0, 0.05) is 23.7 Å². The molecule has 8 heteroatoms. The highest BCUT2D eigenvalue weighted by Crippen LogP contribution is 2.28. The highest BCUT2D eigenvalue weighted by Gasteiger charge is 2.33. The Morgan fingerprint density at radius 3 is 2.60 bits per heavy atom. The van der Waals surface area contributed by atoms with Gasteiger partial charge in [-0.05, 0) is 57.0 Å². The maximum Gasteiger partial charge on any atom is 0.243 e. The number of carbonyl (C=O) groups excluding carboxylic acids is 1. The Morgan fingerprint density at radius 2 is 1.93 bits per heavy atom. The van der Waals surface area contributed by atoms with Crippen LogP contribution in [0.5, 0.6) is 5.75 Å². The van der Waals surface area contributed by atoms with Crippen LogP contribution in [0.25, 0.3) is 0 Å². The first-order chi connectivity index (χ1) is 14.2. The van der Waals surface area contributed by atoms with Crippen LogP contribution < -0.4 is 10.1 Å². The Hall–Kier alpha value is -2.09. The lowest BCUT2D eigenvalue weighted by atomic mass is 9.97. The summed E-state index contributed by atoms with van der Waals surface area (Å²) < 4.78 is 32.7. The number of methoxy groups -OCH3 is 1. The van der Waals surface area contributed by atoms with Gasteiger partial charge >= 0.3 is 0 Å². The van der Waals surface area contributed by atoms with Gasteiger partial charge in [0.2, 0.25) is 15.9 Å². The summed E-state index contributed by atoms with van der Waals surface area (Å²) in [5, 5.41) is 3.51. The van der Waals surface area contributed by atoms with E-state index in [0.29, 0.717) is 30.2 Å². The number of rotatable bonds is 6. The maximum atomic E-state index is 13.0. The van der Waals surface area contributed by atoms with Crippen molar-refractivity contribution in [3.05, 3.63) is 58.6 Å². The van der Waals surface area contributed by atoms with E-state index in [4.69, 9.17) is 16.3 Å². The van der Waals surface area contributed by atoms with Gasteiger partial charge in [-0.1, -0.05) is 29.3 Å². The molecule has 1 amide bonds. The van der Waals surface area contributed by atoms with Crippen molar-refractivity contribution < 1.29 is 17.9 Å². The third kappa shape index (κ3) is 4.96. The lowest BCUT2D eigenvalue weighted by Gasteiger charge is -2.32. The van der Waals surface area contributed by atoms with E-state index in [1.165, 1.54) is 16.4 Å². The number of hydrogen-bond donors (Lipinski definition) is 1. The molecule has 2 aromatic rings. The molecule has 0 spiro atoms. The minimum Gasteiger partial charge on any atom is -0.496 e. The van der Waals surface area contributed by atoms with E-state index < -0.39 is 15.9 Å². The molecule has 6 nitrogen and oxygen atoms in total. The van der Waals surface area contributed by atoms with Gasteiger partial charge in [0.1, 0.15) is 5.75 Å². The van der Waals surface area contributed by atoms with E-state index >= 15 is 0 Å². The number of benzene rings is 2. The van der Waals surface area contributed by atoms with E-state index in [9.17, 15) is 13.2 Å². The Morgan fingerprint density at radius 1 is 1.23 bits per heavy atom. The van der Waals surface area contributed by atoms with E-state index in [2.05, 4.69) is 5.32 Å². The van der Waals surface area contributed by atoms with Gasteiger partial charge in [0.15, 0.2) is 0 Å². The van der Waals surface area contributed by atoms with Crippen molar-refractivity contribution in [3.63, 3.8) is 0 Å². The number of aryl methyl sites for hydroxylation is 1. The molecule has 3 rings (SSSR count). The van der Waals surface area contributed by atoms with Crippen molar-refractivity contribution in [2.45, 2.75) is 37.6 Å². The molecule has 2 atom stereocenters. The predicted octanol–water partition coefficient (Wildman–Crippen LogP) is 3.94. The largest absolute Gasteiger partial charge is 0.496 e. The summed E-state index contributed by atoms with van der Waals surface area (Å²) in [5.41, 5.74) is 1.97. The molecule has 0 bridgehead atoms. The highest BCUT2D eigenvalue weighted by molar-refractivity contribution is 7.89. The topological polar surface area (TPSA) is 75.7 Å². The van der Waals surface area contributed by atoms with Crippen molar-refractivity contribution in [2.75, 3.05) is 20.2 Å². The summed E-state index contributed by atoms with van der Waals surface area (Å²) in [6.45, 7) is 4.45. The second kappa shape index (κ2) is 9.37. The van der Waals surface area contributed by atoms with Gasteiger partial charge in [0.25, 0.3) is 0 Å². The zero-order valence-electron chi connectivity index (χ0n) is 17.4. The molecule has 1 fully saturated rings. The molecule has 1 heterocycles. The van der Waals surface area contributed by atoms with Crippen LogP contribution in [0.3, 0.4) is 0 Å². The smallest absolute Gasteiger partial charge is 0.243 e. The molecule has 1 saturated heterocycles. The van der Waals surface area contributed by atoms with Gasteiger partial charge in [-0.3, -0.25) is 4.79 Å². The monoisotopic (exact) mass is 450 g/mol. The van der Waals surface area contributed by atoms with E-state index in [0.717, 1.165) is 11.1 Å². The lowest BCUT2D eigenvalue weighted by molar-refractivity contribution is -0.126. The van der Waals surface area contributed by atoms with Crippen LogP contribution in [0, 0.1) is 12.8 Å². The lowest BCUT2D eigenvalue weighted by Crippen LogP contribution is -2.45. The van der Waals surface area contributed by atoms with Crippen LogP contribution in [-0.2, 0) is 14.8 Å². The van der Waals surface area contributed by atoms with Crippen molar-refractivity contribution >= 4 is 27.5 Å². The average Bonchev–Trinajstić information content (AvgIpc) is 2.74. The van der Waals surface area contributed by atoms with Gasteiger partial charge < -0.3 is 10.1 Å². The summed E-state index contributed by atoms with van der Waals surface area (Å²) >= 11 is 5.87. The van der Waals surface area contributed by atoms with E-state index in [-0.39, 0.29) is 23.4 Å². The molecule has 2 aromatic carbocycles. The minimum atomic E-state index is -3.67. The number of sulfonamides is 1. The standard InChI is InChI=1S/C22H27ClN2O4S/c1-15-6-11-21(29-3)20(13-15)16(2)24-22(26)17-5-4-12-25(14-17)30(27,28)19-9-7-18(23)8-10-19/h6-11,13,16-17H,4-5,12,14H2,1-3H3,(H,24,26). The van der Waals surface area contributed by atoms with E-state index in [1.54, 1.807) is 19.2 Å². The third-order valence-corrected chi connectivity index (χ3v) is 7.55. The number of ether oxygens (including phenoxy) is 1. The highest BCUT2D eigenvalue weighted by atomic mass is 35.5. The Balaban J connectivity index is 1.71. The van der Waals surface area contributed by atoms with Crippen molar-refractivity contribution in [1.82, 2.24) is 9.62 Å². The number of piperidine rings is 1. The molecule has 0 radical (unpaired) electrons.